The minimum absolute atomic E-state index is 0.00286. The molecule has 0 saturated carbocycles. The molecule has 2 saturated heterocycles. The van der Waals surface area contributed by atoms with Crippen LogP contribution in [-0.4, -0.2) is 54.9 Å². The Hall–Kier alpha value is -1.25. The number of ether oxygens (including phenoxy) is 2. The number of rotatable bonds is 6. The fourth-order valence-electron chi connectivity index (χ4n) is 3.35. The Bertz CT molecular complexity index is 689. The maximum Gasteiger partial charge on any atom is 0.250 e. The average Bonchev–Trinajstić information content (AvgIpc) is 2.91. The number of hydrogen-bond acceptors (Lipinski definition) is 5. The summed E-state index contributed by atoms with van der Waals surface area (Å²) >= 11 is 0. The fourth-order valence-corrected chi connectivity index (χ4v) is 4.74. The molecule has 0 amide bonds. The summed E-state index contributed by atoms with van der Waals surface area (Å²) in [4.78, 5) is 3.86. The maximum absolute atomic E-state index is 13.5. The molecule has 24 heavy (non-hydrogen) atoms. The summed E-state index contributed by atoms with van der Waals surface area (Å²) in [5, 5.41) is -0.426. The maximum atomic E-state index is 13.5. The molecule has 6 nitrogen and oxygen atoms in total. The van der Waals surface area contributed by atoms with Crippen molar-refractivity contribution >= 4 is 10.0 Å². The summed E-state index contributed by atoms with van der Waals surface area (Å²) in [6.45, 7) is 5.12. The highest BCUT2D eigenvalue weighted by Gasteiger charge is 2.56. The van der Waals surface area contributed by atoms with Gasteiger partial charge >= 0.3 is 0 Å². The van der Waals surface area contributed by atoms with Crippen molar-refractivity contribution in [3.63, 3.8) is 0 Å². The first-order valence-corrected chi connectivity index (χ1v) is 9.72. The third-order valence-corrected chi connectivity index (χ3v) is 7.04. The third-order valence-electron chi connectivity index (χ3n) is 4.87. The van der Waals surface area contributed by atoms with Crippen LogP contribution in [0.15, 0.2) is 18.3 Å². The van der Waals surface area contributed by atoms with E-state index < -0.39 is 26.7 Å². The minimum Gasteiger partial charge on any atom is -0.476 e. The van der Waals surface area contributed by atoms with E-state index in [1.807, 2.05) is 0 Å². The van der Waals surface area contributed by atoms with E-state index in [0.717, 1.165) is 6.42 Å². The van der Waals surface area contributed by atoms with Crippen LogP contribution in [0.2, 0.25) is 0 Å². The monoisotopic (exact) mass is 358 g/mol. The van der Waals surface area contributed by atoms with Gasteiger partial charge in [0, 0.05) is 25.9 Å². The first kappa shape index (κ1) is 17.6. The van der Waals surface area contributed by atoms with Crippen LogP contribution in [0.25, 0.3) is 0 Å². The van der Waals surface area contributed by atoms with Crippen LogP contribution in [0.3, 0.4) is 0 Å². The van der Waals surface area contributed by atoms with Crippen LogP contribution in [0.5, 0.6) is 5.88 Å². The van der Waals surface area contributed by atoms with E-state index in [1.54, 1.807) is 13.8 Å². The summed E-state index contributed by atoms with van der Waals surface area (Å²) in [5.41, 5.74) is -0.409. The Balaban J connectivity index is 1.55. The molecule has 0 radical (unpaired) electrons. The molecule has 1 spiro atoms. The van der Waals surface area contributed by atoms with Gasteiger partial charge in [0.2, 0.25) is 15.9 Å². The lowest BCUT2D eigenvalue weighted by Crippen LogP contribution is -2.66. The van der Waals surface area contributed by atoms with Gasteiger partial charge in [-0.3, -0.25) is 0 Å². The molecule has 3 heterocycles. The lowest BCUT2D eigenvalue weighted by molar-refractivity contribution is -0.104. The summed E-state index contributed by atoms with van der Waals surface area (Å²) in [6.07, 6.45) is 3.04. The van der Waals surface area contributed by atoms with E-state index >= 15 is 0 Å². The molecule has 1 aromatic rings. The molecule has 0 N–H and O–H groups in total. The van der Waals surface area contributed by atoms with Gasteiger partial charge in [0.25, 0.3) is 0 Å². The van der Waals surface area contributed by atoms with Gasteiger partial charge in [-0.2, -0.15) is 4.31 Å². The molecule has 8 heteroatoms. The second-order valence-electron chi connectivity index (χ2n) is 6.69. The van der Waals surface area contributed by atoms with Gasteiger partial charge in [0.1, 0.15) is 0 Å². The predicted molar refractivity (Wildman–Crippen MR) is 86.7 cm³/mol. The number of halogens is 1. The summed E-state index contributed by atoms with van der Waals surface area (Å²) in [6, 6.07) is 2.82. The van der Waals surface area contributed by atoms with E-state index in [2.05, 4.69) is 4.98 Å². The molecule has 2 fully saturated rings. The van der Waals surface area contributed by atoms with Crippen LogP contribution in [0.4, 0.5) is 4.39 Å². The smallest absolute Gasteiger partial charge is 0.250 e. The lowest BCUT2D eigenvalue weighted by Gasteiger charge is -2.49. The first-order chi connectivity index (χ1) is 11.3. The van der Waals surface area contributed by atoms with Crippen LogP contribution in [-0.2, 0) is 14.8 Å². The zero-order chi connectivity index (χ0) is 17.4. The lowest BCUT2D eigenvalue weighted by atomic mass is 9.80. The van der Waals surface area contributed by atoms with Crippen LogP contribution in [0, 0.1) is 11.7 Å². The van der Waals surface area contributed by atoms with Gasteiger partial charge in [0.05, 0.1) is 17.5 Å². The third kappa shape index (κ3) is 3.14. The summed E-state index contributed by atoms with van der Waals surface area (Å²) in [5.74, 6) is -0.265. The number of hydrogen-bond donors (Lipinski definition) is 0. The van der Waals surface area contributed by atoms with Gasteiger partial charge in [-0.25, -0.2) is 17.8 Å². The number of aromatic nitrogens is 1. The fraction of sp³-hybridized carbons (Fsp3) is 0.688. The van der Waals surface area contributed by atoms with Gasteiger partial charge in [-0.05, 0) is 44.7 Å². The van der Waals surface area contributed by atoms with Crippen molar-refractivity contribution in [1.82, 2.24) is 9.29 Å². The molecule has 134 valence electrons. The zero-order valence-corrected chi connectivity index (χ0v) is 14.8. The molecule has 1 aromatic heterocycles. The normalized spacial score (nSPS) is 23.6. The molecular weight excluding hydrogens is 335 g/mol. The predicted octanol–water partition coefficient (Wildman–Crippen LogP) is 1.82. The van der Waals surface area contributed by atoms with Crippen LogP contribution in [0.1, 0.15) is 26.7 Å². The molecule has 3 rings (SSSR count). The Morgan fingerprint density at radius 1 is 1.50 bits per heavy atom. The van der Waals surface area contributed by atoms with E-state index in [4.69, 9.17) is 9.47 Å². The Kier molecular flexibility index (Phi) is 4.81. The van der Waals surface area contributed by atoms with E-state index in [0.29, 0.717) is 32.7 Å². The first-order valence-electron chi connectivity index (χ1n) is 8.21. The summed E-state index contributed by atoms with van der Waals surface area (Å²) in [7, 11) is -3.23. The van der Waals surface area contributed by atoms with Crippen molar-refractivity contribution in [3.05, 3.63) is 24.1 Å². The molecule has 1 atom stereocenters. The average molecular weight is 358 g/mol. The van der Waals surface area contributed by atoms with Gasteiger partial charge < -0.3 is 9.47 Å². The molecule has 2 aliphatic rings. The topological polar surface area (TPSA) is 68.7 Å². The van der Waals surface area contributed by atoms with Crippen molar-refractivity contribution in [2.24, 2.45) is 5.92 Å². The zero-order valence-electron chi connectivity index (χ0n) is 13.9. The van der Waals surface area contributed by atoms with E-state index in [1.165, 1.54) is 22.6 Å². The number of pyridine rings is 1. The van der Waals surface area contributed by atoms with E-state index in [9.17, 15) is 12.8 Å². The van der Waals surface area contributed by atoms with Gasteiger partial charge in [0.15, 0.2) is 5.82 Å². The Morgan fingerprint density at radius 3 is 2.92 bits per heavy atom. The second-order valence-corrected chi connectivity index (χ2v) is 9.18. The molecule has 0 bridgehead atoms. The molecular formula is C16H23FN2O4S. The SMILES string of the molecule is CC(C)S(=O)(=O)N1CC2(C1)OCC[C@@H]2CCOc1ncccc1F. The molecule has 0 aliphatic carbocycles. The Morgan fingerprint density at radius 2 is 2.25 bits per heavy atom. The van der Waals surface area contributed by atoms with Crippen LogP contribution >= 0.6 is 0 Å². The van der Waals surface area contributed by atoms with Crippen molar-refractivity contribution < 1.29 is 22.3 Å². The highest BCUT2D eigenvalue weighted by Crippen LogP contribution is 2.43. The number of nitrogens with zero attached hydrogens (tertiary/aromatic N) is 2. The van der Waals surface area contributed by atoms with Crippen molar-refractivity contribution in [1.29, 1.82) is 0 Å². The molecule has 0 unspecified atom stereocenters. The second kappa shape index (κ2) is 6.57. The van der Waals surface area contributed by atoms with Gasteiger partial charge in [-0.15, -0.1) is 0 Å². The highest BCUT2D eigenvalue weighted by atomic mass is 32.2. The minimum atomic E-state index is -3.23. The number of sulfonamides is 1. The Labute approximate surface area is 142 Å². The van der Waals surface area contributed by atoms with Crippen molar-refractivity contribution in [2.75, 3.05) is 26.3 Å². The van der Waals surface area contributed by atoms with Crippen molar-refractivity contribution in [3.8, 4) is 5.88 Å². The molecule has 2 aliphatic heterocycles. The highest BCUT2D eigenvalue weighted by molar-refractivity contribution is 7.89. The molecule has 0 aromatic carbocycles. The standard InChI is InChI=1S/C16H23FN2O4S/c1-12(2)24(20,21)19-10-16(11-19)13(6-9-23-16)5-8-22-15-14(17)4-3-7-18-15/h3-4,7,12-13H,5-6,8-11H2,1-2H3/t13-/m0/s1. The van der Waals surface area contributed by atoms with Gasteiger partial charge in [-0.1, -0.05) is 0 Å². The quantitative estimate of drug-likeness (QED) is 0.776. The van der Waals surface area contributed by atoms with Crippen molar-refractivity contribution in [2.45, 2.75) is 37.5 Å². The van der Waals surface area contributed by atoms with E-state index in [-0.39, 0.29) is 11.8 Å². The van der Waals surface area contributed by atoms with Crippen LogP contribution < -0.4 is 4.74 Å². The largest absolute Gasteiger partial charge is 0.476 e. The summed E-state index contributed by atoms with van der Waals surface area (Å²) < 4.78 is 50.7.